The molecule has 0 amide bonds. The molecule has 48 valence electrons. The van der Waals surface area contributed by atoms with Gasteiger partial charge in [0.2, 0.25) is 0 Å². The highest BCUT2D eigenvalue weighted by molar-refractivity contribution is 9.24. The third-order valence-corrected chi connectivity index (χ3v) is 2.11. The lowest BCUT2D eigenvalue weighted by molar-refractivity contribution is 0.137. The van der Waals surface area contributed by atoms with Gasteiger partial charge in [-0.15, -0.1) is 0 Å². The van der Waals surface area contributed by atoms with Gasteiger partial charge in [0.25, 0.3) is 0 Å². The van der Waals surface area contributed by atoms with Crippen molar-refractivity contribution in [2.24, 2.45) is 0 Å². The molecule has 1 nitrogen and oxygen atoms in total. The van der Waals surface area contributed by atoms with Crippen LogP contribution in [-0.2, 0) is 3.79 Å². The van der Waals surface area contributed by atoms with Gasteiger partial charge in [-0.2, -0.15) is 14.1 Å². The van der Waals surface area contributed by atoms with E-state index in [4.69, 9.17) is 3.79 Å². The maximum Gasteiger partial charge on any atom is 0.554 e. The zero-order chi connectivity index (χ0) is 6.78. The van der Waals surface area contributed by atoms with E-state index in [-0.39, 0.29) is 5.60 Å². The van der Waals surface area contributed by atoms with E-state index in [9.17, 15) is 0 Å². The molecule has 0 bridgehead atoms. The monoisotopic (exact) mass is 194 g/mol. The van der Waals surface area contributed by atoms with Crippen molar-refractivity contribution in [3.8, 4) is 0 Å². The Hall–Kier alpha value is 0.972. The lowest BCUT2D eigenvalue weighted by atomic mass is 10.2. The van der Waals surface area contributed by atoms with E-state index in [1.54, 1.807) is 0 Å². The molecule has 0 atom stereocenters. The minimum Gasteiger partial charge on any atom is -0.488 e. The fourth-order valence-electron chi connectivity index (χ4n) is 0.487. The summed E-state index contributed by atoms with van der Waals surface area (Å²) in [5, 5.41) is 0. The van der Waals surface area contributed by atoms with E-state index in [1.165, 1.54) is 0 Å². The largest absolute Gasteiger partial charge is 0.554 e. The molecule has 0 aromatic carbocycles. The fraction of sp³-hybridized carbons (Fsp3) is 1.00. The first-order valence-corrected chi connectivity index (χ1v) is 7.54. The molecule has 0 unspecified atom stereocenters. The van der Waals surface area contributed by atoms with Crippen molar-refractivity contribution in [2.45, 2.75) is 32.2 Å². The molecular weight excluding hydrogens is 183 g/mol. The highest BCUT2D eigenvalue weighted by Crippen LogP contribution is 2.10. The fourth-order valence-corrected chi connectivity index (χ4v) is 3.14. The molecule has 0 aromatic rings. The van der Waals surface area contributed by atoms with Gasteiger partial charge in [0.1, 0.15) is 0 Å². The molecule has 0 aromatic heterocycles. The van der Waals surface area contributed by atoms with Gasteiger partial charge < -0.3 is 3.79 Å². The van der Waals surface area contributed by atoms with Gasteiger partial charge in [0, 0.05) is 5.60 Å². The van der Waals surface area contributed by atoms with Crippen LogP contribution in [0.25, 0.3) is 0 Å². The minimum atomic E-state index is -0.983. The molecule has 3 heteroatoms. The molecule has 0 aliphatic rings. The van der Waals surface area contributed by atoms with Gasteiger partial charge in [-0.1, -0.05) is 5.79 Å². The van der Waals surface area contributed by atoms with Crippen molar-refractivity contribution >= 4 is 26.7 Å². The van der Waals surface area contributed by atoms with Crippen LogP contribution >= 0.6 is 14.1 Å². The summed E-state index contributed by atoms with van der Waals surface area (Å²) >= 11 is 2.44. The van der Waals surface area contributed by atoms with Gasteiger partial charge in [-0.25, -0.2) is 0 Å². The second kappa shape index (κ2) is 3.22. The Labute approximate surface area is 62.8 Å². The van der Waals surface area contributed by atoms with Crippen LogP contribution in [-0.4, -0.2) is 18.3 Å². The van der Waals surface area contributed by atoms with Crippen LogP contribution in [0.3, 0.4) is 0 Å². The number of halogens is 1. The summed E-state index contributed by atoms with van der Waals surface area (Å²) in [6.07, 6.45) is 0. The zero-order valence-corrected chi connectivity index (χ0v) is 8.60. The average Bonchev–Trinajstić information content (AvgIpc) is 1.21. The van der Waals surface area contributed by atoms with Crippen LogP contribution in [0, 0.1) is 0 Å². The van der Waals surface area contributed by atoms with Gasteiger partial charge in [-0.3, -0.25) is 0 Å². The molecule has 0 rings (SSSR count). The maximum atomic E-state index is 5.49. The van der Waals surface area contributed by atoms with Gasteiger partial charge in [0.15, 0.2) is 0 Å². The number of rotatable bonds is 1. The predicted molar refractivity (Wildman–Crippen MR) is 41.4 cm³/mol. The lowest BCUT2D eigenvalue weighted by Gasteiger charge is -2.21. The first kappa shape index (κ1) is 8.97. The molecule has 0 aliphatic heterocycles. The standard InChI is InChI=1S/C4H9O.CH3.Al.BrH/c1-4(2,3)5;;;/h1-3H3;1H3;;1H/q-1;;+2;/p-1. The quantitative estimate of drug-likeness (QED) is 0.583. The topological polar surface area (TPSA) is 9.23 Å². The maximum absolute atomic E-state index is 5.49. The van der Waals surface area contributed by atoms with Crippen LogP contribution in [0.15, 0.2) is 0 Å². The molecule has 0 heterocycles. The SMILES string of the molecule is [CH3][Al]([Br])[O]C(C)(C)C. The van der Waals surface area contributed by atoms with E-state index in [0.29, 0.717) is 0 Å². The van der Waals surface area contributed by atoms with Crippen molar-refractivity contribution in [1.29, 1.82) is 0 Å². The molecule has 8 heavy (non-hydrogen) atoms. The summed E-state index contributed by atoms with van der Waals surface area (Å²) in [5.41, 5.74) is 0.0368. The van der Waals surface area contributed by atoms with Crippen LogP contribution in [0.1, 0.15) is 20.8 Å². The Balaban J connectivity index is 3.39. The summed E-state index contributed by atoms with van der Waals surface area (Å²) in [5.74, 6) is 2.10. The van der Waals surface area contributed by atoms with Crippen molar-refractivity contribution in [2.75, 3.05) is 0 Å². The second-order valence-electron chi connectivity index (χ2n) is 2.77. The zero-order valence-electron chi connectivity index (χ0n) is 5.86. The molecule has 0 saturated carbocycles. The highest BCUT2D eigenvalue weighted by atomic mass is 79.9. The Bertz CT molecular complexity index is 67.3. The summed E-state index contributed by atoms with van der Waals surface area (Å²) in [6, 6.07) is 0. The van der Waals surface area contributed by atoms with Crippen LogP contribution in [0.5, 0.6) is 0 Å². The Kier molecular flexibility index (Phi) is 3.61. The second-order valence-corrected chi connectivity index (χ2v) is 7.96. The molecule has 0 spiro atoms. The lowest BCUT2D eigenvalue weighted by Crippen LogP contribution is -2.24. The van der Waals surface area contributed by atoms with E-state index in [2.05, 4.69) is 40.6 Å². The predicted octanol–water partition coefficient (Wildman–Crippen LogP) is 2.31. The Morgan fingerprint density at radius 3 is 1.75 bits per heavy atom. The van der Waals surface area contributed by atoms with Gasteiger partial charge >= 0.3 is 12.7 Å². The van der Waals surface area contributed by atoms with E-state index in [0.717, 1.165) is 0 Å². The van der Waals surface area contributed by atoms with Crippen molar-refractivity contribution in [1.82, 2.24) is 0 Å². The van der Waals surface area contributed by atoms with Crippen molar-refractivity contribution in [3.63, 3.8) is 0 Å². The molecule has 0 radical (unpaired) electrons. The summed E-state index contributed by atoms with van der Waals surface area (Å²) in [4.78, 5) is 0. The van der Waals surface area contributed by atoms with E-state index in [1.807, 2.05) is 0 Å². The first-order chi connectivity index (χ1) is 3.42. The van der Waals surface area contributed by atoms with Crippen LogP contribution < -0.4 is 0 Å². The summed E-state index contributed by atoms with van der Waals surface area (Å²) < 4.78 is 5.49. The summed E-state index contributed by atoms with van der Waals surface area (Å²) in [6.45, 7) is 6.20. The summed E-state index contributed by atoms with van der Waals surface area (Å²) in [7, 11) is 0. The van der Waals surface area contributed by atoms with Crippen LogP contribution in [0.2, 0.25) is 5.79 Å². The highest BCUT2D eigenvalue weighted by Gasteiger charge is 2.17. The molecule has 0 fully saturated rings. The molecule has 0 saturated heterocycles. The van der Waals surface area contributed by atoms with Gasteiger partial charge in [-0.05, 0) is 20.8 Å². The molecule has 0 N–H and O–H groups in total. The Morgan fingerprint density at radius 1 is 1.38 bits per heavy atom. The van der Waals surface area contributed by atoms with Crippen LogP contribution in [0.4, 0.5) is 0 Å². The first-order valence-electron chi connectivity index (χ1n) is 2.74. The van der Waals surface area contributed by atoms with E-state index >= 15 is 0 Å². The number of hydrogen-bond acceptors (Lipinski definition) is 1. The third-order valence-electron chi connectivity index (χ3n) is 0.516. The Morgan fingerprint density at radius 2 is 1.75 bits per heavy atom. The van der Waals surface area contributed by atoms with Crippen molar-refractivity contribution < 1.29 is 3.79 Å². The number of hydrogen-bond donors (Lipinski definition) is 0. The normalized spacial score (nSPS) is 11.6. The minimum absolute atomic E-state index is 0.0368. The van der Waals surface area contributed by atoms with Gasteiger partial charge in [0.05, 0.1) is 0 Å². The molecular formula is C5H12AlBrO. The smallest absolute Gasteiger partial charge is 0.488 e. The van der Waals surface area contributed by atoms with E-state index < -0.39 is 12.7 Å². The van der Waals surface area contributed by atoms with Crippen molar-refractivity contribution in [3.05, 3.63) is 0 Å². The third kappa shape index (κ3) is 6.97. The average molecular weight is 195 g/mol. The molecule has 0 aliphatic carbocycles.